The monoisotopic (exact) mass is 538 g/mol. The fourth-order valence-electron chi connectivity index (χ4n) is 4.59. The summed E-state index contributed by atoms with van der Waals surface area (Å²) < 4.78 is 1.61. The van der Waals surface area contributed by atoms with E-state index >= 15 is 0 Å². The summed E-state index contributed by atoms with van der Waals surface area (Å²) >= 11 is 1.24. The molecule has 39 heavy (non-hydrogen) atoms. The number of thioether (sulfide) groups is 1. The van der Waals surface area contributed by atoms with E-state index in [1.54, 1.807) is 22.8 Å². The molecule has 0 aliphatic heterocycles. The van der Waals surface area contributed by atoms with Crippen LogP contribution in [0.25, 0.3) is 21.8 Å². The van der Waals surface area contributed by atoms with Crippen LogP contribution in [0.15, 0.2) is 82.7 Å². The van der Waals surface area contributed by atoms with Crippen molar-refractivity contribution in [1.82, 2.24) is 19.9 Å². The largest absolute Gasteiger partial charge is 0.358 e. The summed E-state index contributed by atoms with van der Waals surface area (Å²) in [6.45, 7) is 6.82. The van der Waals surface area contributed by atoms with Crippen LogP contribution in [-0.4, -0.2) is 38.5 Å². The Bertz CT molecular complexity index is 1740. The molecule has 0 saturated heterocycles. The van der Waals surface area contributed by atoms with Gasteiger partial charge in [-0.15, -0.1) is 0 Å². The number of benzene rings is 3. The maximum Gasteiger partial charge on any atom is 0.262 e. The summed E-state index contributed by atoms with van der Waals surface area (Å²) in [4.78, 5) is 47.8. The number of nitrogens with zero attached hydrogens (tertiary/aromatic N) is 2. The third kappa shape index (κ3) is 5.66. The molecule has 8 heteroatoms. The number of hydrogen-bond donors (Lipinski definition) is 2. The van der Waals surface area contributed by atoms with Crippen LogP contribution in [0.4, 0.5) is 0 Å². The lowest BCUT2D eigenvalue weighted by Gasteiger charge is -2.14. The molecule has 0 aliphatic rings. The van der Waals surface area contributed by atoms with E-state index in [0.717, 1.165) is 22.2 Å². The van der Waals surface area contributed by atoms with Crippen LogP contribution >= 0.6 is 11.8 Å². The van der Waals surface area contributed by atoms with Crippen molar-refractivity contribution in [3.63, 3.8) is 0 Å². The van der Waals surface area contributed by atoms with Crippen LogP contribution in [-0.2, 0) is 6.54 Å². The number of carbonyl (C=O) groups is 2. The van der Waals surface area contributed by atoms with Crippen molar-refractivity contribution in [2.45, 2.75) is 32.5 Å². The highest BCUT2D eigenvalue weighted by atomic mass is 32.2. The zero-order valence-corrected chi connectivity index (χ0v) is 23.0. The molecular weight excluding hydrogens is 508 g/mol. The van der Waals surface area contributed by atoms with Gasteiger partial charge in [0, 0.05) is 34.3 Å². The Labute approximate surface area is 230 Å². The van der Waals surface area contributed by atoms with E-state index in [1.165, 1.54) is 11.8 Å². The minimum absolute atomic E-state index is 0.0441. The van der Waals surface area contributed by atoms with Gasteiger partial charge in [0.1, 0.15) is 0 Å². The van der Waals surface area contributed by atoms with Crippen molar-refractivity contribution >= 4 is 45.3 Å². The quantitative estimate of drug-likeness (QED) is 0.145. The molecule has 0 radical (unpaired) electrons. The second kappa shape index (κ2) is 11.3. The van der Waals surface area contributed by atoms with Crippen LogP contribution in [0.1, 0.15) is 45.8 Å². The molecule has 0 spiro atoms. The Morgan fingerprint density at radius 1 is 1.00 bits per heavy atom. The van der Waals surface area contributed by atoms with Crippen molar-refractivity contribution in [1.29, 1.82) is 0 Å². The van der Waals surface area contributed by atoms with E-state index in [1.807, 2.05) is 75.4 Å². The highest BCUT2D eigenvalue weighted by Crippen LogP contribution is 2.26. The number of carbonyl (C=O) groups excluding carboxylic acids is 2. The lowest BCUT2D eigenvalue weighted by Crippen LogP contribution is -2.28. The third-order valence-corrected chi connectivity index (χ3v) is 7.52. The summed E-state index contributed by atoms with van der Waals surface area (Å²) in [5.41, 5.74) is 3.99. The topological polar surface area (TPSA) is 96.8 Å². The minimum atomic E-state index is -0.212. The van der Waals surface area contributed by atoms with Crippen LogP contribution in [0.2, 0.25) is 0 Å². The molecule has 0 aliphatic carbocycles. The van der Waals surface area contributed by atoms with E-state index < -0.39 is 0 Å². The molecule has 7 nitrogen and oxygen atoms in total. The second-order valence-corrected chi connectivity index (χ2v) is 10.9. The van der Waals surface area contributed by atoms with Gasteiger partial charge in [-0.3, -0.25) is 19.0 Å². The van der Waals surface area contributed by atoms with Crippen LogP contribution in [0.3, 0.4) is 0 Å². The molecule has 0 atom stereocenters. The molecule has 1 amide bonds. The predicted molar refractivity (Wildman–Crippen MR) is 157 cm³/mol. The molecule has 0 bridgehead atoms. The number of ketones is 1. The van der Waals surface area contributed by atoms with Crippen molar-refractivity contribution in [3.05, 3.63) is 106 Å². The van der Waals surface area contributed by atoms with Gasteiger partial charge < -0.3 is 10.3 Å². The molecule has 5 aromatic rings. The van der Waals surface area contributed by atoms with E-state index in [-0.39, 0.29) is 23.0 Å². The van der Waals surface area contributed by atoms with Gasteiger partial charge in [0.2, 0.25) is 0 Å². The third-order valence-electron chi connectivity index (χ3n) is 6.54. The lowest BCUT2D eigenvalue weighted by molar-refractivity contribution is 0.0948. The van der Waals surface area contributed by atoms with Gasteiger partial charge in [-0.25, -0.2) is 4.98 Å². The van der Waals surface area contributed by atoms with Crippen molar-refractivity contribution in [3.8, 4) is 0 Å². The average Bonchev–Trinajstić information content (AvgIpc) is 3.28. The molecule has 2 aromatic heterocycles. The molecule has 0 saturated carbocycles. The maximum absolute atomic E-state index is 13.7. The van der Waals surface area contributed by atoms with Crippen LogP contribution in [0, 0.1) is 12.8 Å². The van der Waals surface area contributed by atoms with Crippen molar-refractivity contribution in [2.24, 2.45) is 5.92 Å². The highest BCUT2D eigenvalue weighted by molar-refractivity contribution is 7.99. The number of aromatic amines is 1. The Hall–Kier alpha value is -4.17. The molecule has 3 aromatic carbocycles. The lowest BCUT2D eigenvalue weighted by atomic mass is 10.1. The van der Waals surface area contributed by atoms with Gasteiger partial charge in [-0.2, -0.15) is 0 Å². The molecular formula is C31H30N4O3S. The maximum atomic E-state index is 13.7. The molecule has 5 rings (SSSR count). The Morgan fingerprint density at radius 3 is 2.51 bits per heavy atom. The smallest absolute Gasteiger partial charge is 0.262 e. The first-order chi connectivity index (χ1) is 18.8. The predicted octanol–water partition coefficient (Wildman–Crippen LogP) is 5.60. The SMILES string of the molecule is Cc1[nH]c2ccccc2c1C(=O)CSc1nc2cc(C(=O)NCC(C)C)ccc2c(=O)n1Cc1ccccc1. The number of fused-ring (bicyclic) bond motifs is 2. The Morgan fingerprint density at radius 2 is 1.74 bits per heavy atom. The summed E-state index contributed by atoms with van der Waals surface area (Å²) in [6.07, 6.45) is 0. The van der Waals surface area contributed by atoms with E-state index in [9.17, 15) is 14.4 Å². The highest BCUT2D eigenvalue weighted by Gasteiger charge is 2.19. The Balaban J connectivity index is 1.52. The second-order valence-electron chi connectivity index (χ2n) is 9.99. The van der Waals surface area contributed by atoms with Crippen molar-refractivity contribution < 1.29 is 9.59 Å². The van der Waals surface area contributed by atoms with E-state index in [0.29, 0.717) is 46.2 Å². The summed E-state index contributed by atoms with van der Waals surface area (Å²) in [5.74, 6) is 0.181. The standard InChI is InChI=1S/C31H30N4O3S/c1-19(2)16-32-29(37)22-13-14-24-26(15-22)34-31(35(30(24)38)17-21-9-5-4-6-10-21)39-18-27(36)28-20(3)33-25-12-8-7-11-23(25)28/h4-15,19,33H,16-18H2,1-3H3,(H,32,37). The first kappa shape index (κ1) is 26.4. The summed E-state index contributed by atoms with van der Waals surface area (Å²) in [5, 5.41) is 4.65. The number of para-hydroxylation sites is 1. The number of amides is 1. The number of nitrogens with one attached hydrogen (secondary N) is 2. The number of Topliss-reactive ketones (excluding diaryl/α,β-unsaturated/α-hetero) is 1. The summed E-state index contributed by atoms with van der Waals surface area (Å²) in [6, 6.07) is 22.4. The molecule has 2 heterocycles. The fourth-order valence-corrected chi connectivity index (χ4v) is 5.47. The average molecular weight is 539 g/mol. The van der Waals surface area contributed by atoms with Gasteiger partial charge in [-0.05, 0) is 42.7 Å². The van der Waals surface area contributed by atoms with E-state index in [4.69, 9.17) is 4.98 Å². The van der Waals surface area contributed by atoms with Crippen LogP contribution in [0.5, 0.6) is 0 Å². The normalized spacial score (nSPS) is 11.4. The number of H-pyrrole nitrogens is 1. The zero-order chi connectivity index (χ0) is 27.5. The molecule has 198 valence electrons. The van der Waals surface area contributed by atoms with Crippen molar-refractivity contribution in [2.75, 3.05) is 12.3 Å². The van der Waals surface area contributed by atoms with Gasteiger partial charge in [0.25, 0.3) is 11.5 Å². The van der Waals surface area contributed by atoms with Gasteiger partial charge in [0.05, 0.1) is 23.2 Å². The zero-order valence-electron chi connectivity index (χ0n) is 22.2. The van der Waals surface area contributed by atoms with Gasteiger partial charge >= 0.3 is 0 Å². The number of rotatable bonds is 9. The fraction of sp³-hybridized carbons (Fsp3) is 0.226. The molecule has 0 fully saturated rings. The number of aromatic nitrogens is 3. The first-order valence-corrected chi connectivity index (χ1v) is 13.9. The number of aryl methyl sites for hydroxylation is 1. The van der Waals surface area contributed by atoms with Gasteiger partial charge in [-0.1, -0.05) is 74.1 Å². The number of hydrogen-bond acceptors (Lipinski definition) is 5. The molecule has 0 unspecified atom stereocenters. The summed E-state index contributed by atoms with van der Waals surface area (Å²) in [7, 11) is 0. The first-order valence-electron chi connectivity index (χ1n) is 12.9. The van der Waals surface area contributed by atoms with E-state index in [2.05, 4.69) is 10.3 Å². The van der Waals surface area contributed by atoms with Gasteiger partial charge in [0.15, 0.2) is 10.9 Å². The van der Waals surface area contributed by atoms with Crippen LogP contribution < -0.4 is 10.9 Å². The molecule has 2 N–H and O–H groups in total. The minimum Gasteiger partial charge on any atom is -0.358 e. The Kier molecular flexibility index (Phi) is 7.65.